The zero-order chi connectivity index (χ0) is 21.8. The first-order chi connectivity index (χ1) is 15.0. The third-order valence-corrected chi connectivity index (χ3v) is 7.40. The zero-order valence-corrected chi connectivity index (χ0v) is 18.3. The second-order valence-electron chi connectivity index (χ2n) is 7.66. The van der Waals surface area contributed by atoms with Crippen LogP contribution < -0.4 is 0 Å². The van der Waals surface area contributed by atoms with E-state index in [-0.39, 0.29) is 12.5 Å². The summed E-state index contributed by atoms with van der Waals surface area (Å²) in [5, 5.41) is 0. The van der Waals surface area contributed by atoms with Crippen molar-refractivity contribution in [1.82, 2.24) is 4.31 Å². The highest BCUT2D eigenvalue weighted by atomic mass is 32.2. The normalized spacial score (nSPS) is 13.9. The number of benzene rings is 3. The van der Waals surface area contributed by atoms with Crippen LogP contribution in [0.15, 0.2) is 108 Å². The second-order valence-corrected chi connectivity index (χ2v) is 9.59. The minimum atomic E-state index is -3.65. The van der Waals surface area contributed by atoms with Gasteiger partial charge in [0, 0.05) is 19.0 Å². The van der Waals surface area contributed by atoms with Gasteiger partial charge in [0.1, 0.15) is 0 Å². The lowest BCUT2D eigenvalue weighted by molar-refractivity contribution is 0.438. The quantitative estimate of drug-likeness (QED) is 0.441. The molecule has 0 spiro atoms. The summed E-state index contributed by atoms with van der Waals surface area (Å²) >= 11 is 0. The molecule has 1 aliphatic rings. The van der Waals surface area contributed by atoms with Gasteiger partial charge in [-0.15, -0.1) is 5.73 Å². The van der Waals surface area contributed by atoms with E-state index in [0.29, 0.717) is 11.4 Å². The summed E-state index contributed by atoms with van der Waals surface area (Å²) in [6.45, 7) is 6.17. The highest BCUT2D eigenvalue weighted by molar-refractivity contribution is 7.89. The summed E-state index contributed by atoms with van der Waals surface area (Å²) in [5.41, 5.74) is 8.43. The standard InChI is InChI=1S/C27H25NO2S/c1-3-4-19-28(31(29,30)24-17-15-21(2)16-18-24)20-25-26(22-11-7-5-8-12-22)27(25)23-13-9-6-10-14-23/h4-18,25H,1,19-20H2,2H3. The van der Waals surface area contributed by atoms with E-state index in [1.54, 1.807) is 18.2 Å². The lowest BCUT2D eigenvalue weighted by Crippen LogP contribution is -2.33. The van der Waals surface area contributed by atoms with Crippen LogP contribution in [0, 0.1) is 12.8 Å². The summed E-state index contributed by atoms with van der Waals surface area (Å²) in [4.78, 5) is 0.304. The van der Waals surface area contributed by atoms with Crippen molar-refractivity contribution in [3.8, 4) is 0 Å². The molecule has 156 valence electrons. The van der Waals surface area contributed by atoms with Crippen molar-refractivity contribution in [2.75, 3.05) is 13.1 Å². The van der Waals surface area contributed by atoms with Crippen molar-refractivity contribution >= 4 is 21.2 Å². The predicted molar refractivity (Wildman–Crippen MR) is 127 cm³/mol. The molecular formula is C27H25NO2S. The fourth-order valence-electron chi connectivity index (χ4n) is 3.90. The molecule has 0 radical (unpaired) electrons. The van der Waals surface area contributed by atoms with Crippen LogP contribution in [-0.2, 0) is 10.0 Å². The van der Waals surface area contributed by atoms with Crippen LogP contribution in [0.5, 0.6) is 0 Å². The van der Waals surface area contributed by atoms with Crippen molar-refractivity contribution in [3.63, 3.8) is 0 Å². The fourth-order valence-corrected chi connectivity index (χ4v) is 5.29. The van der Waals surface area contributed by atoms with E-state index in [9.17, 15) is 8.42 Å². The highest BCUT2D eigenvalue weighted by Gasteiger charge is 2.41. The zero-order valence-electron chi connectivity index (χ0n) is 17.5. The van der Waals surface area contributed by atoms with E-state index in [0.717, 1.165) is 16.7 Å². The van der Waals surface area contributed by atoms with Crippen molar-refractivity contribution in [1.29, 1.82) is 0 Å². The monoisotopic (exact) mass is 427 g/mol. The van der Waals surface area contributed by atoms with Gasteiger partial charge in [-0.3, -0.25) is 0 Å². The van der Waals surface area contributed by atoms with Gasteiger partial charge < -0.3 is 0 Å². The molecule has 0 N–H and O–H groups in total. The number of hydrogen-bond acceptors (Lipinski definition) is 2. The first-order valence-corrected chi connectivity index (χ1v) is 11.7. The summed E-state index contributed by atoms with van der Waals surface area (Å²) < 4.78 is 28.4. The molecule has 0 aliphatic heterocycles. The Morgan fingerprint density at radius 1 is 0.871 bits per heavy atom. The van der Waals surface area contributed by atoms with Crippen molar-refractivity contribution in [2.24, 2.45) is 5.92 Å². The van der Waals surface area contributed by atoms with Gasteiger partial charge in [-0.25, -0.2) is 8.42 Å². The molecule has 3 aromatic carbocycles. The van der Waals surface area contributed by atoms with Gasteiger partial charge >= 0.3 is 0 Å². The summed E-state index contributed by atoms with van der Waals surface area (Å²) in [7, 11) is -3.65. The van der Waals surface area contributed by atoms with Crippen LogP contribution in [0.3, 0.4) is 0 Å². The number of nitrogens with zero attached hydrogens (tertiary/aromatic N) is 1. The third-order valence-electron chi connectivity index (χ3n) is 5.56. The molecule has 3 nitrogen and oxygen atoms in total. The molecular weight excluding hydrogens is 402 g/mol. The van der Waals surface area contributed by atoms with Gasteiger partial charge in [0.25, 0.3) is 0 Å². The fraction of sp³-hybridized carbons (Fsp3) is 0.148. The van der Waals surface area contributed by atoms with Crippen LogP contribution in [-0.4, -0.2) is 25.8 Å². The number of hydrogen-bond donors (Lipinski definition) is 0. The summed E-state index contributed by atoms with van der Waals surface area (Å²) in [6, 6.07) is 27.4. The molecule has 1 aliphatic carbocycles. The maximum atomic E-state index is 13.4. The molecule has 3 aromatic rings. The molecule has 0 saturated carbocycles. The number of aryl methyl sites for hydroxylation is 1. The Morgan fingerprint density at radius 3 is 1.87 bits per heavy atom. The van der Waals surface area contributed by atoms with Crippen molar-refractivity contribution in [2.45, 2.75) is 11.8 Å². The minimum absolute atomic E-state index is 0.0447. The first-order valence-electron chi connectivity index (χ1n) is 10.3. The van der Waals surface area contributed by atoms with Gasteiger partial charge in [0.2, 0.25) is 10.0 Å². The Labute approximate surface area is 184 Å². The Hall–Kier alpha value is -3.17. The van der Waals surface area contributed by atoms with Crippen molar-refractivity contribution < 1.29 is 8.42 Å². The summed E-state index contributed by atoms with van der Waals surface area (Å²) in [5.74, 6) is 0.0447. The van der Waals surface area contributed by atoms with E-state index in [4.69, 9.17) is 0 Å². The van der Waals surface area contributed by atoms with E-state index in [2.05, 4.69) is 36.6 Å². The van der Waals surface area contributed by atoms with E-state index < -0.39 is 10.0 Å². The van der Waals surface area contributed by atoms with E-state index >= 15 is 0 Å². The summed E-state index contributed by atoms with van der Waals surface area (Å²) in [6.07, 6.45) is 1.67. The predicted octanol–water partition coefficient (Wildman–Crippen LogP) is 5.57. The Balaban J connectivity index is 1.68. The molecule has 4 heteroatoms. The Morgan fingerprint density at radius 2 is 1.39 bits per heavy atom. The molecule has 0 amide bonds. The largest absolute Gasteiger partial charge is 0.243 e. The average molecular weight is 428 g/mol. The first kappa shape index (κ1) is 21.1. The van der Waals surface area contributed by atoms with Crippen LogP contribution in [0.25, 0.3) is 11.1 Å². The van der Waals surface area contributed by atoms with E-state index in [1.807, 2.05) is 55.5 Å². The maximum absolute atomic E-state index is 13.4. The molecule has 0 fully saturated rings. The molecule has 0 unspecified atom stereocenters. The highest BCUT2D eigenvalue weighted by Crippen LogP contribution is 2.53. The van der Waals surface area contributed by atoms with Gasteiger partial charge in [0.05, 0.1) is 4.90 Å². The SMILES string of the molecule is C=C=CCN(CC1C(c2ccccc2)=C1c1ccccc1)S(=O)(=O)c1ccc(C)cc1. The third kappa shape index (κ3) is 4.47. The lowest BCUT2D eigenvalue weighted by atomic mass is 10.1. The number of sulfonamides is 1. The van der Waals surface area contributed by atoms with Gasteiger partial charge in [-0.1, -0.05) is 84.9 Å². The molecule has 0 atom stereocenters. The van der Waals surface area contributed by atoms with Gasteiger partial charge in [0.15, 0.2) is 0 Å². The molecule has 0 saturated heterocycles. The van der Waals surface area contributed by atoms with Crippen LogP contribution in [0.2, 0.25) is 0 Å². The Kier molecular flexibility index (Phi) is 6.06. The second kappa shape index (κ2) is 8.91. The molecule has 0 aromatic heterocycles. The maximum Gasteiger partial charge on any atom is 0.243 e. The smallest absolute Gasteiger partial charge is 0.207 e. The van der Waals surface area contributed by atoms with Gasteiger partial charge in [-0.05, 0) is 47.4 Å². The van der Waals surface area contributed by atoms with Crippen LogP contribution in [0.1, 0.15) is 16.7 Å². The molecule has 31 heavy (non-hydrogen) atoms. The molecule has 4 rings (SSSR count). The van der Waals surface area contributed by atoms with Gasteiger partial charge in [-0.2, -0.15) is 4.31 Å². The van der Waals surface area contributed by atoms with Crippen molar-refractivity contribution in [3.05, 3.63) is 120 Å². The topological polar surface area (TPSA) is 37.4 Å². The average Bonchev–Trinajstić information content (AvgIpc) is 3.52. The Bertz CT molecular complexity index is 1190. The molecule has 0 bridgehead atoms. The van der Waals surface area contributed by atoms with Crippen LogP contribution in [0.4, 0.5) is 0 Å². The minimum Gasteiger partial charge on any atom is -0.207 e. The van der Waals surface area contributed by atoms with E-state index in [1.165, 1.54) is 15.5 Å². The molecule has 0 heterocycles. The number of rotatable bonds is 8. The van der Waals surface area contributed by atoms with Crippen LogP contribution >= 0.6 is 0 Å². The lowest BCUT2D eigenvalue weighted by Gasteiger charge is -2.21.